The number of nitrogens with one attached hydrogen (secondary N) is 2. The molecule has 0 radical (unpaired) electrons. The van der Waals surface area contributed by atoms with Crippen LogP contribution >= 0.6 is 27.7 Å². The van der Waals surface area contributed by atoms with E-state index in [1.165, 1.54) is 18.7 Å². The fraction of sp³-hybridized carbons (Fsp3) is 0.385. The molecule has 19 heavy (non-hydrogen) atoms. The van der Waals surface area contributed by atoms with E-state index in [9.17, 15) is 9.59 Å². The highest BCUT2D eigenvalue weighted by atomic mass is 79.9. The molecule has 1 aromatic rings. The maximum atomic E-state index is 11.8. The smallest absolute Gasteiger partial charge is 0.233 e. The van der Waals surface area contributed by atoms with Gasteiger partial charge in [0.05, 0.1) is 5.25 Å². The highest BCUT2D eigenvalue weighted by molar-refractivity contribution is 9.10. The van der Waals surface area contributed by atoms with E-state index in [4.69, 9.17) is 0 Å². The highest BCUT2D eigenvalue weighted by Gasteiger charge is 2.13. The number of carbonyl (C=O) groups excluding carboxylic acids is 2. The fourth-order valence-corrected chi connectivity index (χ4v) is 2.49. The molecule has 0 aliphatic rings. The van der Waals surface area contributed by atoms with Gasteiger partial charge in [-0.15, -0.1) is 11.8 Å². The summed E-state index contributed by atoms with van der Waals surface area (Å²) >= 11 is 4.88. The average Bonchev–Trinajstić information content (AvgIpc) is 2.36. The third-order valence-electron chi connectivity index (χ3n) is 2.29. The van der Waals surface area contributed by atoms with E-state index in [2.05, 4.69) is 26.6 Å². The highest BCUT2D eigenvalue weighted by Crippen LogP contribution is 2.24. The third-order valence-corrected chi connectivity index (χ3v) is 3.93. The maximum Gasteiger partial charge on any atom is 0.233 e. The number of hydrogen-bond acceptors (Lipinski definition) is 3. The van der Waals surface area contributed by atoms with E-state index in [0.717, 1.165) is 9.37 Å². The largest absolute Gasteiger partial charge is 0.355 e. The Labute approximate surface area is 125 Å². The molecule has 104 valence electrons. The van der Waals surface area contributed by atoms with Crippen LogP contribution in [0.1, 0.15) is 13.8 Å². The summed E-state index contributed by atoms with van der Waals surface area (Å²) in [5.74, 6) is -0.121. The molecule has 1 aromatic carbocycles. The Morgan fingerprint density at radius 1 is 1.21 bits per heavy atom. The zero-order valence-corrected chi connectivity index (χ0v) is 13.3. The first kappa shape index (κ1) is 16.0. The zero-order chi connectivity index (χ0) is 14.3. The predicted octanol–water partition coefficient (Wildman–Crippen LogP) is 2.18. The van der Waals surface area contributed by atoms with Crippen LogP contribution in [0, 0.1) is 0 Å². The Hall–Kier alpha value is -1.01. The summed E-state index contributed by atoms with van der Waals surface area (Å²) in [4.78, 5) is 23.5. The second kappa shape index (κ2) is 8.22. The Bertz CT molecular complexity index is 437. The van der Waals surface area contributed by atoms with Crippen LogP contribution in [0.5, 0.6) is 0 Å². The van der Waals surface area contributed by atoms with Gasteiger partial charge in [0, 0.05) is 29.4 Å². The Morgan fingerprint density at radius 2 is 1.79 bits per heavy atom. The van der Waals surface area contributed by atoms with Gasteiger partial charge in [0.1, 0.15) is 0 Å². The lowest BCUT2D eigenvalue weighted by Crippen LogP contribution is -2.37. The summed E-state index contributed by atoms with van der Waals surface area (Å²) in [7, 11) is 0. The van der Waals surface area contributed by atoms with Crippen LogP contribution in [0.2, 0.25) is 0 Å². The minimum Gasteiger partial charge on any atom is -0.355 e. The summed E-state index contributed by atoms with van der Waals surface area (Å²) in [6.07, 6.45) is 0. The number of amides is 2. The quantitative estimate of drug-likeness (QED) is 0.614. The molecular formula is C13H17BrN2O2S. The summed E-state index contributed by atoms with van der Waals surface area (Å²) in [5.41, 5.74) is 0. The molecule has 0 bridgehead atoms. The number of carbonyl (C=O) groups is 2. The van der Waals surface area contributed by atoms with E-state index in [0.29, 0.717) is 13.1 Å². The molecule has 2 N–H and O–H groups in total. The molecule has 0 saturated heterocycles. The van der Waals surface area contributed by atoms with Crippen molar-refractivity contribution in [1.82, 2.24) is 10.6 Å². The van der Waals surface area contributed by atoms with Gasteiger partial charge in [-0.25, -0.2) is 0 Å². The number of hydrogen-bond donors (Lipinski definition) is 2. The Kier molecular flexibility index (Phi) is 6.94. The molecule has 6 heteroatoms. The fourth-order valence-electron chi connectivity index (χ4n) is 1.34. The van der Waals surface area contributed by atoms with E-state index >= 15 is 0 Å². The van der Waals surface area contributed by atoms with Gasteiger partial charge < -0.3 is 10.6 Å². The summed E-state index contributed by atoms with van der Waals surface area (Å²) in [6, 6.07) is 7.83. The lowest BCUT2D eigenvalue weighted by molar-refractivity contribution is -0.121. The Morgan fingerprint density at radius 3 is 2.37 bits per heavy atom. The van der Waals surface area contributed by atoms with E-state index in [1.807, 2.05) is 31.2 Å². The summed E-state index contributed by atoms with van der Waals surface area (Å²) < 4.78 is 1.02. The van der Waals surface area contributed by atoms with E-state index in [-0.39, 0.29) is 17.1 Å². The van der Waals surface area contributed by atoms with Gasteiger partial charge in [-0.3, -0.25) is 9.59 Å². The molecule has 1 atom stereocenters. The zero-order valence-electron chi connectivity index (χ0n) is 10.9. The van der Waals surface area contributed by atoms with Crippen LogP contribution in [0.15, 0.2) is 33.6 Å². The van der Waals surface area contributed by atoms with Crippen molar-refractivity contribution in [2.75, 3.05) is 13.1 Å². The molecule has 0 saturated carbocycles. The molecule has 2 amide bonds. The van der Waals surface area contributed by atoms with Crippen LogP contribution in [-0.4, -0.2) is 30.2 Å². The van der Waals surface area contributed by atoms with Crippen LogP contribution in [0.3, 0.4) is 0 Å². The van der Waals surface area contributed by atoms with Gasteiger partial charge >= 0.3 is 0 Å². The standard InChI is InChI=1S/C13H17BrN2O2S/c1-9(13(18)16-8-7-15-10(2)17)19-12-5-3-11(14)4-6-12/h3-6,9H,7-8H2,1-2H3,(H,15,17)(H,16,18). The second-order valence-corrected chi connectivity index (χ2v) is 6.32. The molecule has 0 aromatic heterocycles. The topological polar surface area (TPSA) is 58.2 Å². The van der Waals surface area contributed by atoms with Gasteiger partial charge in [0.25, 0.3) is 0 Å². The Balaban J connectivity index is 2.32. The minimum absolute atomic E-state index is 0.0294. The van der Waals surface area contributed by atoms with Gasteiger partial charge in [0.2, 0.25) is 11.8 Å². The molecule has 1 rings (SSSR count). The van der Waals surface area contributed by atoms with Crippen LogP contribution < -0.4 is 10.6 Å². The number of rotatable bonds is 6. The molecule has 1 unspecified atom stereocenters. The first-order valence-electron chi connectivity index (χ1n) is 5.93. The molecule has 0 heterocycles. The normalized spacial score (nSPS) is 11.7. The predicted molar refractivity (Wildman–Crippen MR) is 81.2 cm³/mol. The van der Waals surface area contributed by atoms with E-state index < -0.39 is 0 Å². The first-order chi connectivity index (χ1) is 8.99. The SMILES string of the molecule is CC(=O)NCCNC(=O)C(C)Sc1ccc(Br)cc1. The lowest BCUT2D eigenvalue weighted by atomic mass is 10.4. The number of benzene rings is 1. The van der Waals surface area contributed by atoms with Gasteiger partial charge in [-0.05, 0) is 31.2 Å². The van der Waals surface area contributed by atoms with Crippen molar-refractivity contribution in [3.8, 4) is 0 Å². The molecule has 0 spiro atoms. The van der Waals surface area contributed by atoms with Crippen molar-refractivity contribution < 1.29 is 9.59 Å². The van der Waals surface area contributed by atoms with Gasteiger partial charge in [0.15, 0.2) is 0 Å². The minimum atomic E-state index is -0.168. The van der Waals surface area contributed by atoms with E-state index in [1.54, 1.807) is 0 Å². The number of halogens is 1. The average molecular weight is 345 g/mol. The van der Waals surface area contributed by atoms with Crippen molar-refractivity contribution in [3.05, 3.63) is 28.7 Å². The van der Waals surface area contributed by atoms with Crippen molar-refractivity contribution in [2.24, 2.45) is 0 Å². The number of thioether (sulfide) groups is 1. The van der Waals surface area contributed by atoms with Gasteiger partial charge in [-0.2, -0.15) is 0 Å². The maximum absolute atomic E-state index is 11.8. The molecule has 0 fully saturated rings. The van der Waals surface area contributed by atoms with Crippen molar-refractivity contribution >= 4 is 39.5 Å². The monoisotopic (exact) mass is 344 g/mol. The van der Waals surface area contributed by atoms with Crippen LogP contribution in [0.4, 0.5) is 0 Å². The van der Waals surface area contributed by atoms with Crippen LogP contribution in [-0.2, 0) is 9.59 Å². The first-order valence-corrected chi connectivity index (χ1v) is 7.60. The summed E-state index contributed by atoms with van der Waals surface area (Å²) in [6.45, 7) is 4.22. The molecular weight excluding hydrogens is 328 g/mol. The van der Waals surface area contributed by atoms with Crippen molar-refractivity contribution in [3.63, 3.8) is 0 Å². The lowest BCUT2D eigenvalue weighted by Gasteiger charge is -2.12. The summed E-state index contributed by atoms with van der Waals surface area (Å²) in [5, 5.41) is 5.25. The molecule has 4 nitrogen and oxygen atoms in total. The van der Waals surface area contributed by atoms with Gasteiger partial charge in [-0.1, -0.05) is 15.9 Å². The molecule has 0 aliphatic carbocycles. The third kappa shape index (κ3) is 6.63. The van der Waals surface area contributed by atoms with Crippen LogP contribution in [0.25, 0.3) is 0 Å². The molecule has 0 aliphatic heterocycles. The van der Waals surface area contributed by atoms with Crippen molar-refractivity contribution in [2.45, 2.75) is 24.0 Å². The van der Waals surface area contributed by atoms with Crippen molar-refractivity contribution in [1.29, 1.82) is 0 Å². The second-order valence-electron chi connectivity index (χ2n) is 3.99.